The summed E-state index contributed by atoms with van der Waals surface area (Å²) in [6.07, 6.45) is -1.31. The minimum Gasteiger partial charge on any atom is -0.504 e. The average molecular weight is 447 g/mol. The van der Waals surface area contributed by atoms with E-state index in [9.17, 15) is 22.4 Å². The molecule has 0 bridgehead atoms. The summed E-state index contributed by atoms with van der Waals surface area (Å²) in [5, 5.41) is 7.88. The van der Waals surface area contributed by atoms with E-state index >= 15 is 0 Å². The lowest BCUT2D eigenvalue weighted by atomic mass is 10.1. The Hall–Kier alpha value is -2.61. The first kappa shape index (κ1) is 22.4. The van der Waals surface area contributed by atoms with Gasteiger partial charge in [-0.2, -0.15) is 13.2 Å². The molecule has 27 heavy (non-hydrogen) atoms. The van der Waals surface area contributed by atoms with Crippen molar-refractivity contribution in [2.75, 3.05) is 7.11 Å². The molecule has 0 radical (unpaired) electrons. The summed E-state index contributed by atoms with van der Waals surface area (Å²) in [7, 11) is 1.39. The molecule has 0 amide bonds. The molecule has 0 aliphatic rings. The Morgan fingerprint density at radius 3 is 2.26 bits per heavy atom. The van der Waals surface area contributed by atoms with Crippen molar-refractivity contribution in [1.29, 1.82) is 0 Å². The fraction of sp³-hybridized carbons (Fsp3) is 0.105. The second kappa shape index (κ2) is 10.5. The Bertz CT molecular complexity index is 815. The first-order valence-electron chi connectivity index (χ1n) is 7.36. The number of hydrogen-bond donors (Lipinski definition) is 1. The molecule has 0 fully saturated rings. The zero-order valence-electron chi connectivity index (χ0n) is 14.0. The van der Waals surface area contributed by atoms with Crippen LogP contribution in [0.15, 0.2) is 65.3 Å². The van der Waals surface area contributed by atoms with Gasteiger partial charge >= 0.3 is 12.1 Å². The van der Waals surface area contributed by atoms with Gasteiger partial charge in [0.15, 0.2) is 0 Å². The molecule has 2 rings (SSSR count). The summed E-state index contributed by atoms with van der Waals surface area (Å²) in [5.74, 6) is -1.71. The van der Waals surface area contributed by atoms with Gasteiger partial charge in [0.1, 0.15) is 5.83 Å². The first-order chi connectivity index (χ1) is 12.6. The molecular formula is C19H15BrF4O3. The van der Waals surface area contributed by atoms with Gasteiger partial charge in [-0.15, -0.1) is 0 Å². The number of carboxylic acids is 1. The molecule has 144 valence electrons. The summed E-state index contributed by atoms with van der Waals surface area (Å²) in [6, 6.07) is 11.8. The summed E-state index contributed by atoms with van der Waals surface area (Å²) in [4.78, 5) is 9.59. The summed E-state index contributed by atoms with van der Waals surface area (Å²) >= 11 is 2.82. The lowest BCUT2D eigenvalue weighted by Crippen LogP contribution is -2.06. The van der Waals surface area contributed by atoms with Crippen molar-refractivity contribution in [3.8, 4) is 0 Å². The molecule has 2 aromatic rings. The third-order valence-electron chi connectivity index (χ3n) is 2.99. The van der Waals surface area contributed by atoms with E-state index in [1.54, 1.807) is 30.3 Å². The van der Waals surface area contributed by atoms with E-state index in [1.807, 2.05) is 0 Å². The van der Waals surface area contributed by atoms with Crippen LogP contribution in [0.1, 0.15) is 16.7 Å². The van der Waals surface area contributed by atoms with Gasteiger partial charge in [0.05, 0.1) is 25.0 Å². The van der Waals surface area contributed by atoms with Crippen LogP contribution in [0.4, 0.5) is 17.6 Å². The van der Waals surface area contributed by atoms with Gasteiger partial charge in [0, 0.05) is 10.0 Å². The Morgan fingerprint density at radius 1 is 1.15 bits per heavy atom. The molecule has 0 saturated carbocycles. The normalized spacial score (nSPS) is 11.7. The van der Waals surface area contributed by atoms with Crippen molar-refractivity contribution in [2.24, 2.45) is 0 Å². The number of ether oxygens (including phenoxy) is 1. The highest BCUT2D eigenvalue weighted by Crippen LogP contribution is 2.36. The van der Waals surface area contributed by atoms with Crippen molar-refractivity contribution in [2.45, 2.75) is 6.18 Å². The van der Waals surface area contributed by atoms with Crippen LogP contribution in [-0.4, -0.2) is 18.2 Å². The first-order valence-corrected chi connectivity index (χ1v) is 8.16. The monoisotopic (exact) mass is 446 g/mol. The van der Waals surface area contributed by atoms with Crippen molar-refractivity contribution < 1.29 is 32.2 Å². The van der Waals surface area contributed by atoms with Gasteiger partial charge in [-0.1, -0.05) is 52.3 Å². The number of alkyl halides is 3. The van der Waals surface area contributed by atoms with Crippen LogP contribution in [0, 0.1) is 0 Å². The van der Waals surface area contributed by atoms with Crippen molar-refractivity contribution in [3.63, 3.8) is 0 Å². The molecule has 2 aromatic carbocycles. The Labute approximate surface area is 161 Å². The highest BCUT2D eigenvalue weighted by atomic mass is 79.9. The molecule has 0 saturated heterocycles. The zero-order valence-corrected chi connectivity index (χ0v) is 15.6. The topological polar surface area (TPSA) is 46.5 Å². The van der Waals surface area contributed by atoms with E-state index < -0.39 is 23.5 Å². The molecule has 0 aliphatic carbocycles. The lowest BCUT2D eigenvalue weighted by molar-refractivity contribution is -0.138. The third-order valence-corrected chi connectivity index (χ3v) is 3.68. The molecule has 1 N–H and O–H groups in total. The molecule has 0 atom stereocenters. The van der Waals surface area contributed by atoms with Crippen LogP contribution in [0.25, 0.3) is 11.9 Å². The van der Waals surface area contributed by atoms with Gasteiger partial charge in [-0.25, -0.2) is 9.18 Å². The molecule has 0 aromatic heterocycles. The van der Waals surface area contributed by atoms with Gasteiger partial charge in [0.2, 0.25) is 0 Å². The number of aliphatic carboxylic acids is 1. The second-order valence-electron chi connectivity index (χ2n) is 4.97. The van der Waals surface area contributed by atoms with Gasteiger partial charge in [0.25, 0.3) is 0 Å². The predicted molar refractivity (Wildman–Crippen MR) is 98.3 cm³/mol. The zero-order chi connectivity index (χ0) is 20.4. The van der Waals surface area contributed by atoms with Crippen LogP contribution in [0.3, 0.4) is 0 Å². The molecule has 8 heteroatoms. The maximum atomic E-state index is 14.0. The predicted octanol–water partition coefficient (Wildman–Crippen LogP) is 6.17. The molecular weight excluding hydrogens is 432 g/mol. The lowest BCUT2D eigenvalue weighted by Gasteiger charge is -2.10. The number of benzene rings is 2. The van der Waals surface area contributed by atoms with Crippen LogP contribution in [-0.2, 0) is 15.7 Å². The number of rotatable bonds is 4. The van der Waals surface area contributed by atoms with E-state index in [2.05, 4.69) is 20.7 Å². The summed E-state index contributed by atoms with van der Waals surface area (Å²) < 4.78 is 56.4. The van der Waals surface area contributed by atoms with Crippen LogP contribution >= 0.6 is 15.9 Å². The summed E-state index contributed by atoms with van der Waals surface area (Å²) in [6.45, 7) is 0. The van der Waals surface area contributed by atoms with E-state index in [-0.39, 0.29) is 10.0 Å². The van der Waals surface area contributed by atoms with E-state index in [4.69, 9.17) is 5.11 Å². The highest BCUT2D eigenvalue weighted by Gasteiger charge is 2.33. The number of carboxylic acid groups (broad SMARTS) is 1. The standard InChI is InChI=1S/C15H9BrF4.C4H6O3/c16-13-7-6-11(9-12(13)15(18,19)20)14(17)8-10-4-2-1-3-5-10;1-7-3-2-4(5)6/h1-9H;2-3H,1H3,(H,5,6). The number of hydrogen-bond acceptors (Lipinski definition) is 2. The van der Waals surface area contributed by atoms with Gasteiger partial charge in [-0.05, 0) is 23.8 Å². The van der Waals surface area contributed by atoms with Crippen molar-refractivity contribution in [3.05, 3.63) is 82.0 Å². The minimum atomic E-state index is -4.53. The minimum absolute atomic E-state index is 0.107. The smallest absolute Gasteiger partial charge is 0.417 e. The van der Waals surface area contributed by atoms with Crippen molar-refractivity contribution >= 4 is 33.8 Å². The van der Waals surface area contributed by atoms with E-state index in [1.165, 1.54) is 25.3 Å². The van der Waals surface area contributed by atoms with E-state index in [0.29, 0.717) is 5.56 Å². The molecule has 3 nitrogen and oxygen atoms in total. The number of halogens is 5. The largest absolute Gasteiger partial charge is 0.504 e. The molecule has 0 spiro atoms. The summed E-state index contributed by atoms with van der Waals surface area (Å²) in [5.41, 5.74) is -0.419. The second-order valence-corrected chi connectivity index (χ2v) is 5.83. The van der Waals surface area contributed by atoms with Crippen molar-refractivity contribution in [1.82, 2.24) is 0 Å². The fourth-order valence-corrected chi connectivity index (χ4v) is 2.27. The highest BCUT2D eigenvalue weighted by molar-refractivity contribution is 9.10. The van der Waals surface area contributed by atoms with Gasteiger partial charge in [-0.3, -0.25) is 0 Å². The Kier molecular flexibility index (Phi) is 8.74. The number of carbonyl (C=O) groups is 1. The van der Waals surface area contributed by atoms with Gasteiger partial charge < -0.3 is 9.84 Å². The molecule has 0 heterocycles. The SMILES string of the molecule is COC=CC(=O)O.FC(=Cc1ccccc1)c1ccc(Br)c(C(F)(F)F)c1. The fourth-order valence-electron chi connectivity index (χ4n) is 1.80. The van der Waals surface area contributed by atoms with Crippen LogP contribution in [0.2, 0.25) is 0 Å². The third kappa shape index (κ3) is 8.08. The Morgan fingerprint density at radius 2 is 1.78 bits per heavy atom. The number of methoxy groups -OCH3 is 1. The Balaban J connectivity index is 0.000000445. The molecule has 0 unspecified atom stereocenters. The maximum absolute atomic E-state index is 14.0. The maximum Gasteiger partial charge on any atom is 0.417 e. The molecule has 0 aliphatic heterocycles. The van der Waals surface area contributed by atoms with Crippen LogP contribution < -0.4 is 0 Å². The average Bonchev–Trinajstić information content (AvgIpc) is 2.60. The van der Waals surface area contributed by atoms with E-state index in [0.717, 1.165) is 18.4 Å². The van der Waals surface area contributed by atoms with Crippen LogP contribution in [0.5, 0.6) is 0 Å². The quantitative estimate of drug-likeness (QED) is 0.264.